The summed E-state index contributed by atoms with van der Waals surface area (Å²) in [6.07, 6.45) is 1.14. The number of pyridine rings is 1. The highest BCUT2D eigenvalue weighted by Crippen LogP contribution is 2.38. The second-order valence-electron chi connectivity index (χ2n) is 5.27. The number of aryl methyl sites for hydroxylation is 1. The SMILES string of the molecule is CCn1cc(C(=O)O)c(=O)c2cc(F)c(-c3csc(CN)n3)c(O)c21. The number of aromatic nitrogens is 2. The van der Waals surface area contributed by atoms with Crippen LogP contribution >= 0.6 is 11.3 Å². The maximum atomic E-state index is 14.6. The minimum absolute atomic E-state index is 0.0659. The molecule has 0 fully saturated rings. The minimum atomic E-state index is -1.41. The van der Waals surface area contributed by atoms with Crippen molar-refractivity contribution >= 4 is 28.2 Å². The van der Waals surface area contributed by atoms with Crippen molar-refractivity contribution in [3.8, 4) is 17.0 Å². The normalized spacial score (nSPS) is 11.2. The minimum Gasteiger partial charge on any atom is -0.505 e. The first-order valence-electron chi connectivity index (χ1n) is 7.35. The Kier molecular flexibility index (Phi) is 4.27. The first-order valence-corrected chi connectivity index (χ1v) is 8.23. The Morgan fingerprint density at radius 2 is 2.20 bits per heavy atom. The molecule has 0 aliphatic rings. The summed E-state index contributed by atoms with van der Waals surface area (Å²) in [6, 6.07) is 0.937. The van der Waals surface area contributed by atoms with E-state index >= 15 is 0 Å². The molecule has 0 radical (unpaired) electrons. The first kappa shape index (κ1) is 17.1. The molecule has 0 saturated heterocycles. The number of nitrogens with two attached hydrogens (primary N) is 1. The van der Waals surface area contributed by atoms with E-state index in [-0.39, 0.29) is 35.2 Å². The first-order chi connectivity index (χ1) is 11.9. The van der Waals surface area contributed by atoms with E-state index < -0.39 is 28.5 Å². The van der Waals surface area contributed by atoms with Crippen LogP contribution in [0.3, 0.4) is 0 Å². The molecule has 0 atom stereocenters. The average Bonchev–Trinajstić information content (AvgIpc) is 3.04. The predicted octanol–water partition coefficient (Wildman–Crippen LogP) is 2.15. The number of carbonyl (C=O) groups is 1. The molecule has 0 aliphatic carbocycles. The Hall–Kier alpha value is -2.78. The lowest BCUT2D eigenvalue weighted by molar-refractivity contribution is 0.0695. The Bertz CT molecular complexity index is 1060. The van der Waals surface area contributed by atoms with Crippen molar-refractivity contribution in [1.82, 2.24) is 9.55 Å². The summed E-state index contributed by atoms with van der Waals surface area (Å²) < 4.78 is 16.0. The van der Waals surface area contributed by atoms with Crippen molar-refractivity contribution in [3.05, 3.63) is 44.3 Å². The van der Waals surface area contributed by atoms with Crippen molar-refractivity contribution in [2.75, 3.05) is 0 Å². The monoisotopic (exact) mass is 363 g/mol. The highest BCUT2D eigenvalue weighted by Gasteiger charge is 2.23. The topological polar surface area (TPSA) is 118 Å². The fourth-order valence-corrected chi connectivity index (χ4v) is 3.34. The van der Waals surface area contributed by atoms with Crippen LogP contribution in [0.5, 0.6) is 5.75 Å². The molecular weight excluding hydrogens is 349 g/mol. The molecule has 0 amide bonds. The number of phenolic OH excluding ortho intramolecular Hbond substituents is 1. The van der Waals surface area contributed by atoms with Gasteiger partial charge in [-0.2, -0.15) is 0 Å². The molecule has 0 saturated carbocycles. The molecule has 0 aliphatic heterocycles. The van der Waals surface area contributed by atoms with Gasteiger partial charge in [0.25, 0.3) is 0 Å². The zero-order chi connectivity index (χ0) is 18.3. The summed E-state index contributed by atoms with van der Waals surface area (Å²) in [5, 5.41) is 21.7. The van der Waals surface area contributed by atoms with Gasteiger partial charge in [-0.05, 0) is 13.0 Å². The lowest BCUT2D eigenvalue weighted by atomic mass is 10.0. The summed E-state index contributed by atoms with van der Waals surface area (Å²) in [4.78, 5) is 27.7. The molecule has 2 heterocycles. The van der Waals surface area contributed by atoms with E-state index in [0.717, 1.165) is 12.3 Å². The smallest absolute Gasteiger partial charge is 0.341 e. The fraction of sp³-hybridized carbons (Fsp3) is 0.188. The number of thiazole rings is 1. The number of carboxylic acid groups (broad SMARTS) is 1. The van der Waals surface area contributed by atoms with Gasteiger partial charge in [0.1, 0.15) is 16.4 Å². The van der Waals surface area contributed by atoms with Crippen LogP contribution in [0.25, 0.3) is 22.2 Å². The maximum absolute atomic E-state index is 14.6. The Balaban J connectivity index is 2.42. The van der Waals surface area contributed by atoms with E-state index in [9.17, 15) is 19.1 Å². The van der Waals surface area contributed by atoms with Crippen molar-refractivity contribution in [2.24, 2.45) is 5.73 Å². The molecule has 0 unspecified atom stereocenters. The number of carboxylic acids is 1. The average molecular weight is 363 g/mol. The molecule has 25 heavy (non-hydrogen) atoms. The van der Waals surface area contributed by atoms with Crippen molar-refractivity contribution in [3.63, 3.8) is 0 Å². The van der Waals surface area contributed by atoms with Gasteiger partial charge in [-0.15, -0.1) is 11.3 Å². The highest BCUT2D eigenvalue weighted by molar-refractivity contribution is 7.09. The van der Waals surface area contributed by atoms with Crippen LogP contribution < -0.4 is 11.2 Å². The summed E-state index contributed by atoms with van der Waals surface area (Å²) >= 11 is 1.23. The standard InChI is InChI=1S/C16H14FN3O4S/c1-2-20-5-8(16(23)24)14(21)7-3-9(17)12(15(22)13(7)20)10-6-25-11(4-18)19-10/h3,5-6,22H,2,4,18H2,1H3,(H,23,24). The third-order valence-corrected chi connectivity index (χ3v) is 4.71. The molecule has 130 valence electrons. The van der Waals surface area contributed by atoms with Crippen molar-refractivity contribution in [2.45, 2.75) is 20.0 Å². The van der Waals surface area contributed by atoms with Gasteiger partial charge in [-0.25, -0.2) is 14.2 Å². The Labute approximate surface area is 144 Å². The van der Waals surface area contributed by atoms with Crippen LogP contribution in [-0.2, 0) is 13.1 Å². The van der Waals surface area contributed by atoms with E-state index in [1.165, 1.54) is 15.9 Å². The Morgan fingerprint density at radius 3 is 2.76 bits per heavy atom. The van der Waals surface area contributed by atoms with Crippen molar-refractivity contribution in [1.29, 1.82) is 0 Å². The van der Waals surface area contributed by atoms with Gasteiger partial charge in [0.05, 0.1) is 22.2 Å². The molecular formula is C16H14FN3O4S. The highest BCUT2D eigenvalue weighted by atomic mass is 32.1. The number of nitrogens with zero attached hydrogens (tertiary/aromatic N) is 2. The van der Waals surface area contributed by atoms with Crippen LogP contribution in [0.1, 0.15) is 22.3 Å². The van der Waals surface area contributed by atoms with Gasteiger partial charge < -0.3 is 20.5 Å². The molecule has 2 aromatic heterocycles. The molecule has 0 bridgehead atoms. The quantitative estimate of drug-likeness (QED) is 0.653. The van der Waals surface area contributed by atoms with E-state index in [2.05, 4.69) is 4.98 Å². The maximum Gasteiger partial charge on any atom is 0.341 e. The van der Waals surface area contributed by atoms with Crippen LogP contribution in [0.4, 0.5) is 4.39 Å². The lowest BCUT2D eigenvalue weighted by Crippen LogP contribution is -2.19. The zero-order valence-electron chi connectivity index (χ0n) is 13.1. The number of hydrogen-bond acceptors (Lipinski definition) is 6. The van der Waals surface area contributed by atoms with Crippen LogP contribution in [0.15, 0.2) is 22.4 Å². The van der Waals surface area contributed by atoms with E-state index in [4.69, 9.17) is 10.8 Å². The number of aromatic carboxylic acids is 1. The van der Waals surface area contributed by atoms with Gasteiger partial charge in [-0.3, -0.25) is 4.79 Å². The number of phenols is 1. The third kappa shape index (κ3) is 2.67. The van der Waals surface area contributed by atoms with Gasteiger partial charge in [0.15, 0.2) is 5.75 Å². The molecule has 3 aromatic rings. The molecule has 3 rings (SSSR count). The van der Waals surface area contributed by atoms with Gasteiger partial charge in [0, 0.05) is 24.7 Å². The molecule has 4 N–H and O–H groups in total. The lowest BCUT2D eigenvalue weighted by Gasteiger charge is -2.14. The van der Waals surface area contributed by atoms with Crippen molar-refractivity contribution < 1.29 is 19.4 Å². The number of rotatable bonds is 4. The summed E-state index contributed by atoms with van der Waals surface area (Å²) in [5.74, 6) is -2.73. The van der Waals surface area contributed by atoms with Gasteiger partial charge in [0.2, 0.25) is 5.43 Å². The summed E-state index contributed by atoms with van der Waals surface area (Å²) in [5.41, 5.74) is 4.30. The van der Waals surface area contributed by atoms with E-state index in [0.29, 0.717) is 5.01 Å². The largest absolute Gasteiger partial charge is 0.505 e. The van der Waals surface area contributed by atoms with Gasteiger partial charge in [-0.1, -0.05) is 0 Å². The number of fused-ring (bicyclic) bond motifs is 1. The number of hydrogen-bond donors (Lipinski definition) is 3. The molecule has 9 heteroatoms. The predicted molar refractivity (Wildman–Crippen MR) is 91.5 cm³/mol. The van der Waals surface area contributed by atoms with E-state index in [1.54, 1.807) is 12.3 Å². The molecule has 1 aromatic carbocycles. The second-order valence-corrected chi connectivity index (χ2v) is 6.21. The van der Waals surface area contributed by atoms with Crippen LogP contribution in [0.2, 0.25) is 0 Å². The molecule has 7 nitrogen and oxygen atoms in total. The summed E-state index contributed by atoms with van der Waals surface area (Å²) in [6.45, 7) is 2.18. The number of benzene rings is 1. The number of halogens is 1. The second kappa shape index (κ2) is 6.26. The van der Waals surface area contributed by atoms with Crippen LogP contribution in [0, 0.1) is 5.82 Å². The fourth-order valence-electron chi connectivity index (χ4n) is 2.68. The number of aromatic hydroxyl groups is 1. The zero-order valence-corrected chi connectivity index (χ0v) is 13.9. The van der Waals surface area contributed by atoms with Crippen LogP contribution in [-0.4, -0.2) is 25.7 Å². The third-order valence-electron chi connectivity index (χ3n) is 3.84. The summed E-state index contributed by atoms with van der Waals surface area (Å²) in [7, 11) is 0. The van der Waals surface area contributed by atoms with E-state index in [1.807, 2.05) is 0 Å². The molecule has 0 spiro atoms. The van der Waals surface area contributed by atoms with Gasteiger partial charge >= 0.3 is 5.97 Å². The Morgan fingerprint density at radius 1 is 1.48 bits per heavy atom.